The summed E-state index contributed by atoms with van der Waals surface area (Å²) in [5.74, 6) is 1.38. The molecule has 0 spiro atoms. The number of hydrogen-bond donors (Lipinski definition) is 2. The van der Waals surface area contributed by atoms with Crippen molar-refractivity contribution in [3.8, 4) is 6.07 Å². The predicted molar refractivity (Wildman–Crippen MR) is 120 cm³/mol. The van der Waals surface area contributed by atoms with Gasteiger partial charge in [0.15, 0.2) is 11.5 Å². The lowest BCUT2D eigenvalue weighted by Crippen LogP contribution is -2.49. The van der Waals surface area contributed by atoms with Gasteiger partial charge >= 0.3 is 6.09 Å². The SMILES string of the molecule is CC(C)(C)OC(=O)N1CCOC(CNc2cc(Nc3cnc(C#N)cn3)nnc2C2CC2)C1. The Morgan fingerprint density at radius 3 is 2.76 bits per heavy atom. The van der Waals surface area contributed by atoms with Crippen LogP contribution in [0.2, 0.25) is 0 Å². The summed E-state index contributed by atoms with van der Waals surface area (Å²) in [5.41, 5.74) is 1.50. The van der Waals surface area contributed by atoms with Crippen LogP contribution in [-0.2, 0) is 9.47 Å². The predicted octanol–water partition coefficient (Wildman–Crippen LogP) is 2.81. The Hall–Kier alpha value is -3.52. The van der Waals surface area contributed by atoms with Crippen molar-refractivity contribution in [3.05, 3.63) is 29.8 Å². The van der Waals surface area contributed by atoms with Crippen molar-refractivity contribution in [3.63, 3.8) is 0 Å². The van der Waals surface area contributed by atoms with Gasteiger partial charge in [0.2, 0.25) is 0 Å². The van der Waals surface area contributed by atoms with Gasteiger partial charge in [-0.2, -0.15) is 10.4 Å². The minimum atomic E-state index is -0.534. The summed E-state index contributed by atoms with van der Waals surface area (Å²) in [7, 11) is 0. The van der Waals surface area contributed by atoms with Crippen molar-refractivity contribution in [2.45, 2.75) is 51.2 Å². The Morgan fingerprint density at radius 1 is 1.27 bits per heavy atom. The summed E-state index contributed by atoms with van der Waals surface area (Å²) in [5, 5.41) is 24.0. The van der Waals surface area contributed by atoms with Crippen LogP contribution in [0.5, 0.6) is 0 Å². The highest BCUT2D eigenvalue weighted by molar-refractivity contribution is 5.68. The van der Waals surface area contributed by atoms with Crippen LogP contribution in [0.1, 0.15) is 50.9 Å². The van der Waals surface area contributed by atoms with E-state index in [9.17, 15) is 4.79 Å². The molecule has 0 radical (unpaired) electrons. The summed E-state index contributed by atoms with van der Waals surface area (Å²) in [6.45, 7) is 7.50. The second-order valence-corrected chi connectivity index (χ2v) is 9.13. The molecular weight excluding hydrogens is 424 g/mol. The second-order valence-electron chi connectivity index (χ2n) is 9.13. The Kier molecular flexibility index (Phi) is 6.55. The minimum Gasteiger partial charge on any atom is -0.444 e. The van der Waals surface area contributed by atoms with Gasteiger partial charge in [-0.15, -0.1) is 5.10 Å². The van der Waals surface area contributed by atoms with E-state index < -0.39 is 5.60 Å². The maximum absolute atomic E-state index is 12.4. The number of carbonyl (C=O) groups is 1. The summed E-state index contributed by atoms with van der Waals surface area (Å²) < 4.78 is 11.4. The van der Waals surface area contributed by atoms with Crippen LogP contribution in [-0.4, -0.2) is 69.1 Å². The fourth-order valence-electron chi connectivity index (χ4n) is 3.40. The number of nitriles is 1. The molecule has 33 heavy (non-hydrogen) atoms. The van der Waals surface area contributed by atoms with E-state index in [1.54, 1.807) is 4.90 Å². The molecule has 3 heterocycles. The highest BCUT2D eigenvalue weighted by Crippen LogP contribution is 2.42. The smallest absolute Gasteiger partial charge is 0.410 e. The van der Waals surface area contributed by atoms with Gasteiger partial charge in [0.1, 0.15) is 17.5 Å². The molecule has 4 rings (SSSR count). The largest absolute Gasteiger partial charge is 0.444 e. The van der Waals surface area contributed by atoms with Crippen LogP contribution < -0.4 is 10.6 Å². The number of anilines is 3. The number of amides is 1. The molecule has 2 aromatic rings. The molecule has 1 aliphatic carbocycles. The van der Waals surface area contributed by atoms with Gasteiger partial charge in [0.05, 0.1) is 43.0 Å². The van der Waals surface area contributed by atoms with Crippen LogP contribution in [0.4, 0.5) is 22.1 Å². The van der Waals surface area contributed by atoms with Gasteiger partial charge in [-0.1, -0.05) is 0 Å². The third kappa shape index (κ3) is 6.26. The molecule has 1 saturated carbocycles. The number of ether oxygens (including phenoxy) is 2. The monoisotopic (exact) mass is 452 g/mol. The van der Waals surface area contributed by atoms with Crippen LogP contribution in [0, 0.1) is 11.3 Å². The average molecular weight is 453 g/mol. The van der Waals surface area contributed by atoms with E-state index >= 15 is 0 Å². The van der Waals surface area contributed by atoms with Gasteiger partial charge in [0, 0.05) is 25.1 Å². The fourth-order valence-corrected chi connectivity index (χ4v) is 3.40. The van der Waals surface area contributed by atoms with Crippen molar-refractivity contribution in [2.75, 3.05) is 36.9 Å². The van der Waals surface area contributed by atoms with E-state index in [2.05, 4.69) is 30.8 Å². The van der Waals surface area contributed by atoms with Crippen LogP contribution in [0.15, 0.2) is 18.5 Å². The zero-order valence-corrected chi connectivity index (χ0v) is 19.0. The van der Waals surface area contributed by atoms with Crippen LogP contribution in [0.25, 0.3) is 0 Å². The first-order chi connectivity index (χ1) is 15.8. The van der Waals surface area contributed by atoms with E-state index in [1.807, 2.05) is 32.9 Å². The van der Waals surface area contributed by atoms with E-state index in [0.717, 1.165) is 24.2 Å². The van der Waals surface area contributed by atoms with Crippen LogP contribution >= 0.6 is 0 Å². The van der Waals surface area contributed by atoms with E-state index in [1.165, 1.54) is 12.4 Å². The molecule has 2 fully saturated rings. The molecule has 1 amide bonds. The summed E-state index contributed by atoms with van der Waals surface area (Å²) >= 11 is 0. The van der Waals surface area contributed by atoms with Crippen molar-refractivity contribution in [1.29, 1.82) is 5.26 Å². The quantitative estimate of drug-likeness (QED) is 0.672. The van der Waals surface area contributed by atoms with Crippen molar-refractivity contribution >= 4 is 23.4 Å². The molecule has 2 aromatic heterocycles. The van der Waals surface area contributed by atoms with Crippen molar-refractivity contribution in [2.24, 2.45) is 0 Å². The van der Waals surface area contributed by atoms with Crippen molar-refractivity contribution in [1.82, 2.24) is 25.1 Å². The third-order valence-electron chi connectivity index (χ3n) is 5.12. The molecule has 1 atom stereocenters. The third-order valence-corrected chi connectivity index (χ3v) is 5.12. The first-order valence-corrected chi connectivity index (χ1v) is 11.0. The molecule has 0 bridgehead atoms. The number of aromatic nitrogens is 4. The lowest BCUT2D eigenvalue weighted by atomic mass is 10.2. The van der Waals surface area contributed by atoms with Gasteiger partial charge in [-0.05, 0) is 33.6 Å². The lowest BCUT2D eigenvalue weighted by Gasteiger charge is -2.34. The van der Waals surface area contributed by atoms with Gasteiger partial charge < -0.3 is 25.0 Å². The number of nitrogens with zero attached hydrogens (tertiary/aromatic N) is 6. The molecule has 0 aromatic carbocycles. The number of carbonyl (C=O) groups excluding carboxylic acids is 1. The summed E-state index contributed by atoms with van der Waals surface area (Å²) in [6.07, 6.45) is 4.54. The molecule has 11 nitrogen and oxygen atoms in total. The summed E-state index contributed by atoms with van der Waals surface area (Å²) in [4.78, 5) is 22.3. The highest BCUT2D eigenvalue weighted by Gasteiger charge is 2.30. The fraction of sp³-hybridized carbons (Fsp3) is 0.545. The highest BCUT2D eigenvalue weighted by atomic mass is 16.6. The van der Waals surface area contributed by atoms with Crippen LogP contribution in [0.3, 0.4) is 0 Å². The van der Waals surface area contributed by atoms with Crippen molar-refractivity contribution < 1.29 is 14.3 Å². The number of rotatable bonds is 6. The van der Waals surface area contributed by atoms with E-state index in [4.69, 9.17) is 14.7 Å². The minimum absolute atomic E-state index is 0.174. The molecule has 1 saturated heterocycles. The Morgan fingerprint density at radius 2 is 2.09 bits per heavy atom. The Labute approximate surface area is 192 Å². The van der Waals surface area contributed by atoms with Gasteiger partial charge in [0.25, 0.3) is 0 Å². The number of nitrogens with one attached hydrogen (secondary N) is 2. The maximum atomic E-state index is 12.4. The Balaban J connectivity index is 1.40. The molecule has 174 valence electrons. The van der Waals surface area contributed by atoms with Gasteiger partial charge in [-0.25, -0.2) is 14.8 Å². The molecule has 2 N–H and O–H groups in total. The molecular formula is C22H28N8O3. The second kappa shape index (κ2) is 9.54. The molecule has 11 heteroatoms. The summed E-state index contributed by atoms with van der Waals surface area (Å²) in [6, 6.07) is 3.82. The maximum Gasteiger partial charge on any atom is 0.410 e. The first kappa shape index (κ1) is 22.7. The number of hydrogen-bond acceptors (Lipinski definition) is 10. The number of morpholine rings is 1. The molecule has 1 unspecified atom stereocenters. The topological polar surface area (TPSA) is 138 Å². The first-order valence-electron chi connectivity index (χ1n) is 11.0. The molecule has 1 aliphatic heterocycles. The Bertz CT molecular complexity index is 1030. The zero-order chi connectivity index (χ0) is 23.4. The van der Waals surface area contributed by atoms with E-state index in [0.29, 0.717) is 43.8 Å². The van der Waals surface area contributed by atoms with E-state index in [-0.39, 0.29) is 17.9 Å². The standard InChI is InChI=1S/C22H28N8O3/c1-22(2,3)33-21(31)30-6-7-32-16(13-30)11-25-17-8-18(28-29-20(17)14-4-5-14)27-19-12-24-15(9-23)10-26-19/h8,10,12,14,16H,4-7,11,13H2,1-3H3,(H2,25,26,27,28). The van der Waals surface area contributed by atoms with Gasteiger partial charge in [-0.3, -0.25) is 0 Å². The normalized spacial score (nSPS) is 18.4. The molecule has 2 aliphatic rings. The lowest BCUT2D eigenvalue weighted by molar-refractivity contribution is -0.0371. The zero-order valence-electron chi connectivity index (χ0n) is 19.0. The average Bonchev–Trinajstić information content (AvgIpc) is 3.63.